The average Bonchev–Trinajstić information content (AvgIpc) is 2.08. The van der Waals surface area contributed by atoms with Crippen LogP contribution in [0.25, 0.3) is 0 Å². The summed E-state index contributed by atoms with van der Waals surface area (Å²) in [7, 11) is 0. The van der Waals surface area contributed by atoms with Gasteiger partial charge in [-0.1, -0.05) is 17.7 Å². The highest BCUT2D eigenvalue weighted by Crippen LogP contribution is 2.21. The molecule has 2 nitrogen and oxygen atoms in total. The third-order valence-electron chi connectivity index (χ3n) is 1.85. The first kappa shape index (κ1) is 10.4. The Morgan fingerprint density at radius 3 is 2.62 bits per heavy atom. The second-order valence-electron chi connectivity index (χ2n) is 2.94. The standard InChI is InChI=1S/C9H11ClFNO/c1-5(13)9(12)6-2-3-8(11)7(10)4-6/h2-5,9,13H,12H2,1H3/t5?,9-/m0/s1. The molecule has 4 heteroatoms. The molecule has 0 saturated carbocycles. The van der Waals surface area contributed by atoms with Gasteiger partial charge in [-0.2, -0.15) is 0 Å². The Balaban J connectivity index is 2.97. The fraction of sp³-hybridized carbons (Fsp3) is 0.333. The number of rotatable bonds is 2. The van der Waals surface area contributed by atoms with Gasteiger partial charge in [-0.05, 0) is 24.6 Å². The number of hydrogen-bond donors (Lipinski definition) is 2. The van der Waals surface area contributed by atoms with Crippen molar-refractivity contribution in [1.29, 1.82) is 0 Å². The average molecular weight is 204 g/mol. The van der Waals surface area contributed by atoms with Gasteiger partial charge in [0, 0.05) is 0 Å². The van der Waals surface area contributed by atoms with Gasteiger partial charge in [0.05, 0.1) is 17.2 Å². The molecule has 0 aliphatic rings. The highest BCUT2D eigenvalue weighted by Gasteiger charge is 2.13. The number of aliphatic hydroxyl groups excluding tert-OH is 1. The highest BCUT2D eigenvalue weighted by atomic mass is 35.5. The maximum Gasteiger partial charge on any atom is 0.141 e. The first-order valence-electron chi connectivity index (χ1n) is 3.91. The second-order valence-corrected chi connectivity index (χ2v) is 3.35. The van der Waals surface area contributed by atoms with Gasteiger partial charge in [-0.3, -0.25) is 0 Å². The third-order valence-corrected chi connectivity index (χ3v) is 2.14. The normalized spacial score (nSPS) is 15.5. The quantitative estimate of drug-likeness (QED) is 0.771. The van der Waals surface area contributed by atoms with E-state index in [1.807, 2.05) is 0 Å². The number of aliphatic hydroxyl groups is 1. The number of benzene rings is 1. The van der Waals surface area contributed by atoms with Gasteiger partial charge in [-0.15, -0.1) is 0 Å². The lowest BCUT2D eigenvalue weighted by molar-refractivity contribution is 0.164. The molecule has 0 spiro atoms. The molecule has 0 fully saturated rings. The fourth-order valence-electron chi connectivity index (χ4n) is 0.998. The predicted octanol–water partition coefficient (Wildman–Crippen LogP) is 1.86. The molecule has 1 aromatic rings. The zero-order valence-electron chi connectivity index (χ0n) is 7.17. The summed E-state index contributed by atoms with van der Waals surface area (Å²) >= 11 is 5.55. The Labute approximate surface area is 81.1 Å². The van der Waals surface area contributed by atoms with Crippen molar-refractivity contribution >= 4 is 11.6 Å². The van der Waals surface area contributed by atoms with Crippen LogP contribution >= 0.6 is 11.6 Å². The van der Waals surface area contributed by atoms with Gasteiger partial charge in [0.15, 0.2) is 0 Å². The molecule has 0 aliphatic carbocycles. The zero-order valence-corrected chi connectivity index (χ0v) is 7.92. The summed E-state index contributed by atoms with van der Waals surface area (Å²) in [5, 5.41) is 9.19. The van der Waals surface area contributed by atoms with Gasteiger partial charge >= 0.3 is 0 Å². The number of hydrogen-bond acceptors (Lipinski definition) is 2. The molecule has 0 saturated heterocycles. The van der Waals surface area contributed by atoms with Crippen LogP contribution in [-0.4, -0.2) is 11.2 Å². The summed E-state index contributed by atoms with van der Waals surface area (Å²) in [5.41, 5.74) is 6.25. The lowest BCUT2D eigenvalue weighted by Gasteiger charge is -2.15. The topological polar surface area (TPSA) is 46.2 Å². The molecule has 1 aromatic carbocycles. The third kappa shape index (κ3) is 2.40. The Bertz CT molecular complexity index is 304. The van der Waals surface area contributed by atoms with Gasteiger partial charge in [0.25, 0.3) is 0 Å². The maximum absolute atomic E-state index is 12.7. The molecule has 72 valence electrons. The van der Waals surface area contributed by atoms with E-state index >= 15 is 0 Å². The number of halogens is 2. The molecule has 0 bridgehead atoms. The molecule has 13 heavy (non-hydrogen) atoms. The molecule has 0 aliphatic heterocycles. The largest absolute Gasteiger partial charge is 0.391 e. The van der Waals surface area contributed by atoms with Crippen molar-refractivity contribution in [3.8, 4) is 0 Å². The molecule has 3 N–H and O–H groups in total. The zero-order chi connectivity index (χ0) is 10.0. The van der Waals surface area contributed by atoms with Gasteiger partial charge in [-0.25, -0.2) is 4.39 Å². The van der Waals surface area contributed by atoms with E-state index < -0.39 is 18.0 Å². The van der Waals surface area contributed by atoms with Crippen LogP contribution in [0.1, 0.15) is 18.5 Å². The molecule has 1 unspecified atom stereocenters. The smallest absolute Gasteiger partial charge is 0.141 e. The Morgan fingerprint density at radius 1 is 1.54 bits per heavy atom. The molecular formula is C9H11ClFNO. The van der Waals surface area contributed by atoms with Crippen LogP contribution in [0, 0.1) is 5.82 Å². The van der Waals surface area contributed by atoms with Crippen LogP contribution in [0.5, 0.6) is 0 Å². The van der Waals surface area contributed by atoms with E-state index in [0.29, 0.717) is 5.56 Å². The molecule has 0 aromatic heterocycles. The first-order valence-corrected chi connectivity index (χ1v) is 4.28. The molecular weight excluding hydrogens is 193 g/mol. The van der Waals surface area contributed by atoms with Gasteiger partial charge in [0.1, 0.15) is 5.82 Å². The summed E-state index contributed by atoms with van der Waals surface area (Å²) in [6.45, 7) is 1.57. The van der Waals surface area contributed by atoms with E-state index in [1.165, 1.54) is 18.2 Å². The second kappa shape index (κ2) is 4.05. The van der Waals surface area contributed by atoms with Gasteiger partial charge in [0.2, 0.25) is 0 Å². The minimum Gasteiger partial charge on any atom is -0.391 e. The van der Waals surface area contributed by atoms with Crippen LogP contribution in [0.15, 0.2) is 18.2 Å². The monoisotopic (exact) mass is 203 g/mol. The van der Waals surface area contributed by atoms with E-state index in [-0.39, 0.29) is 5.02 Å². The van der Waals surface area contributed by atoms with Crippen LogP contribution in [0.2, 0.25) is 5.02 Å². The predicted molar refractivity (Wildman–Crippen MR) is 50.0 cm³/mol. The maximum atomic E-state index is 12.7. The molecule has 2 atom stereocenters. The minimum absolute atomic E-state index is 0.0219. The molecule has 0 radical (unpaired) electrons. The van der Waals surface area contributed by atoms with E-state index in [0.717, 1.165) is 0 Å². The SMILES string of the molecule is CC(O)[C@H](N)c1ccc(F)c(Cl)c1. The lowest BCUT2D eigenvalue weighted by Crippen LogP contribution is -2.23. The van der Waals surface area contributed by atoms with Gasteiger partial charge < -0.3 is 10.8 Å². The van der Waals surface area contributed by atoms with E-state index in [2.05, 4.69) is 0 Å². The van der Waals surface area contributed by atoms with Crippen molar-refractivity contribution in [1.82, 2.24) is 0 Å². The van der Waals surface area contributed by atoms with Crippen LogP contribution in [-0.2, 0) is 0 Å². The minimum atomic E-state index is -0.679. The molecule has 1 rings (SSSR count). The summed E-state index contributed by atoms with van der Waals surface area (Å²) in [6.07, 6.45) is -0.679. The van der Waals surface area contributed by atoms with Crippen molar-refractivity contribution in [2.75, 3.05) is 0 Å². The summed E-state index contributed by atoms with van der Waals surface area (Å²) in [4.78, 5) is 0. The van der Waals surface area contributed by atoms with E-state index in [4.69, 9.17) is 17.3 Å². The van der Waals surface area contributed by atoms with Crippen molar-refractivity contribution in [3.05, 3.63) is 34.6 Å². The van der Waals surface area contributed by atoms with Crippen molar-refractivity contribution in [2.45, 2.75) is 19.1 Å². The van der Waals surface area contributed by atoms with Crippen molar-refractivity contribution in [2.24, 2.45) is 5.73 Å². The lowest BCUT2D eigenvalue weighted by atomic mass is 10.0. The van der Waals surface area contributed by atoms with Crippen LogP contribution in [0.3, 0.4) is 0 Å². The summed E-state index contributed by atoms with van der Waals surface area (Å²) in [6, 6.07) is 3.64. The van der Waals surface area contributed by atoms with Crippen molar-refractivity contribution in [3.63, 3.8) is 0 Å². The van der Waals surface area contributed by atoms with Crippen LogP contribution in [0.4, 0.5) is 4.39 Å². The fourth-order valence-corrected chi connectivity index (χ4v) is 1.19. The number of nitrogens with two attached hydrogens (primary N) is 1. The molecule has 0 heterocycles. The van der Waals surface area contributed by atoms with Crippen LogP contribution < -0.4 is 5.73 Å². The molecule has 0 amide bonds. The Morgan fingerprint density at radius 2 is 2.15 bits per heavy atom. The van der Waals surface area contributed by atoms with E-state index in [9.17, 15) is 9.50 Å². The Kier molecular flexibility index (Phi) is 3.25. The summed E-state index contributed by atoms with van der Waals surface area (Å²) in [5.74, 6) is -0.483. The Hall–Kier alpha value is -0.640. The summed E-state index contributed by atoms with van der Waals surface area (Å²) < 4.78 is 12.7. The first-order chi connectivity index (χ1) is 6.02. The van der Waals surface area contributed by atoms with Crippen molar-refractivity contribution < 1.29 is 9.50 Å². The highest BCUT2D eigenvalue weighted by molar-refractivity contribution is 6.30. The van der Waals surface area contributed by atoms with E-state index in [1.54, 1.807) is 6.92 Å².